The van der Waals surface area contributed by atoms with Crippen LogP contribution in [0.1, 0.15) is 25.0 Å². The monoisotopic (exact) mass is 308 g/mol. The molecule has 0 aliphatic rings. The van der Waals surface area contributed by atoms with Gasteiger partial charge in [-0.3, -0.25) is 10.3 Å². The standard InChI is InChI=1S/C15H24N4O3/c1-6-16-14(17-7-2)19-15(21)18-13-9(3)11(20)8-12(22-5)10(13)4/h8,20H,6-7H2,1-5H3,(H3,16,17,18,19,21). The number of methoxy groups -OCH3 is 1. The van der Waals surface area contributed by atoms with E-state index >= 15 is 0 Å². The molecule has 1 rings (SSSR count). The molecule has 1 aromatic carbocycles. The number of phenols is 1. The molecule has 122 valence electrons. The first kappa shape index (κ1) is 17.6. The lowest BCUT2D eigenvalue weighted by molar-refractivity contribution is 0.256. The van der Waals surface area contributed by atoms with Gasteiger partial charge in [0.05, 0.1) is 12.8 Å². The molecule has 0 saturated heterocycles. The van der Waals surface area contributed by atoms with Crippen LogP contribution in [0.5, 0.6) is 11.5 Å². The van der Waals surface area contributed by atoms with Gasteiger partial charge in [0.25, 0.3) is 0 Å². The Hall–Kier alpha value is -2.44. The predicted octanol–water partition coefficient (Wildman–Crippen LogP) is 2.12. The lowest BCUT2D eigenvalue weighted by Crippen LogP contribution is -2.43. The van der Waals surface area contributed by atoms with Crippen LogP contribution in [0.25, 0.3) is 0 Å². The number of benzene rings is 1. The number of aliphatic imine (C=N–C) groups is 1. The first-order valence-electron chi connectivity index (χ1n) is 7.18. The van der Waals surface area contributed by atoms with E-state index in [2.05, 4.69) is 20.9 Å². The van der Waals surface area contributed by atoms with Crippen LogP contribution in [0.4, 0.5) is 10.5 Å². The summed E-state index contributed by atoms with van der Waals surface area (Å²) in [6.45, 7) is 8.54. The molecule has 1 aromatic rings. The molecule has 0 atom stereocenters. The second kappa shape index (κ2) is 8.11. The van der Waals surface area contributed by atoms with Crippen LogP contribution in [0.3, 0.4) is 0 Å². The van der Waals surface area contributed by atoms with Crippen molar-refractivity contribution in [2.75, 3.05) is 25.5 Å². The number of carbonyl (C=O) groups excluding carboxylic acids is 1. The lowest BCUT2D eigenvalue weighted by Gasteiger charge is -2.17. The molecular formula is C15H24N4O3. The number of amides is 2. The third kappa shape index (κ3) is 4.28. The van der Waals surface area contributed by atoms with E-state index in [1.165, 1.54) is 13.2 Å². The van der Waals surface area contributed by atoms with Crippen molar-refractivity contribution in [1.29, 1.82) is 0 Å². The van der Waals surface area contributed by atoms with Crippen LogP contribution in [0.15, 0.2) is 11.1 Å². The van der Waals surface area contributed by atoms with Gasteiger partial charge in [0, 0.05) is 30.3 Å². The average Bonchev–Trinajstić information content (AvgIpc) is 2.48. The van der Waals surface area contributed by atoms with Crippen LogP contribution in [0.2, 0.25) is 0 Å². The van der Waals surface area contributed by atoms with Gasteiger partial charge in [-0.1, -0.05) is 0 Å². The summed E-state index contributed by atoms with van der Waals surface area (Å²) in [7, 11) is 1.51. The SMILES string of the molecule is CCN=C(NCC)NC(=O)Nc1c(C)c(O)cc(OC)c1C. The largest absolute Gasteiger partial charge is 0.507 e. The third-order valence-electron chi connectivity index (χ3n) is 3.12. The summed E-state index contributed by atoms with van der Waals surface area (Å²) in [6.07, 6.45) is 0. The Labute approximate surface area is 130 Å². The van der Waals surface area contributed by atoms with Gasteiger partial charge in [-0.05, 0) is 27.7 Å². The topological polar surface area (TPSA) is 95.0 Å². The van der Waals surface area contributed by atoms with Crippen molar-refractivity contribution in [3.05, 3.63) is 17.2 Å². The first-order valence-corrected chi connectivity index (χ1v) is 7.18. The van der Waals surface area contributed by atoms with Gasteiger partial charge in [-0.2, -0.15) is 0 Å². The van der Waals surface area contributed by atoms with E-state index in [-0.39, 0.29) is 5.75 Å². The highest BCUT2D eigenvalue weighted by Crippen LogP contribution is 2.35. The van der Waals surface area contributed by atoms with Gasteiger partial charge >= 0.3 is 6.03 Å². The highest BCUT2D eigenvalue weighted by atomic mass is 16.5. The summed E-state index contributed by atoms with van der Waals surface area (Å²) in [5.74, 6) is 0.976. The zero-order chi connectivity index (χ0) is 16.7. The number of hydrogen-bond acceptors (Lipinski definition) is 4. The van der Waals surface area contributed by atoms with Crippen LogP contribution >= 0.6 is 0 Å². The van der Waals surface area contributed by atoms with Crippen molar-refractivity contribution in [1.82, 2.24) is 10.6 Å². The molecule has 0 spiro atoms. The smallest absolute Gasteiger partial charge is 0.326 e. The molecule has 0 unspecified atom stereocenters. The third-order valence-corrected chi connectivity index (χ3v) is 3.12. The Morgan fingerprint density at radius 2 is 2.00 bits per heavy atom. The number of carbonyl (C=O) groups is 1. The van der Waals surface area contributed by atoms with Crippen molar-refractivity contribution < 1.29 is 14.6 Å². The Kier molecular flexibility index (Phi) is 6.49. The maximum atomic E-state index is 12.1. The van der Waals surface area contributed by atoms with Crippen LogP contribution in [0, 0.1) is 13.8 Å². The predicted molar refractivity (Wildman–Crippen MR) is 87.9 cm³/mol. The maximum absolute atomic E-state index is 12.1. The molecule has 0 aliphatic heterocycles. The molecule has 0 aliphatic carbocycles. The number of urea groups is 1. The number of anilines is 1. The van der Waals surface area contributed by atoms with Crippen LogP contribution in [-0.2, 0) is 0 Å². The summed E-state index contributed by atoms with van der Waals surface area (Å²) >= 11 is 0. The number of aromatic hydroxyl groups is 1. The fourth-order valence-electron chi connectivity index (χ4n) is 1.99. The first-order chi connectivity index (χ1) is 10.4. The summed E-state index contributed by atoms with van der Waals surface area (Å²) in [5.41, 5.74) is 1.83. The number of phenolic OH excluding ortho intramolecular Hbond substituents is 1. The fraction of sp³-hybridized carbons (Fsp3) is 0.467. The minimum absolute atomic E-state index is 0.0619. The molecule has 0 fully saturated rings. The van der Waals surface area contributed by atoms with E-state index in [0.717, 1.165) is 5.56 Å². The summed E-state index contributed by atoms with van der Waals surface area (Å²) in [6, 6.07) is 1.09. The van der Waals surface area contributed by atoms with E-state index in [4.69, 9.17) is 4.74 Å². The molecule has 0 aromatic heterocycles. The molecule has 7 nitrogen and oxygen atoms in total. The van der Waals surface area contributed by atoms with E-state index < -0.39 is 6.03 Å². The minimum atomic E-state index is -0.438. The second-order valence-electron chi connectivity index (χ2n) is 4.66. The fourth-order valence-corrected chi connectivity index (χ4v) is 1.99. The number of rotatable bonds is 4. The van der Waals surface area contributed by atoms with E-state index in [0.29, 0.717) is 36.0 Å². The summed E-state index contributed by atoms with van der Waals surface area (Å²) < 4.78 is 5.19. The molecule has 0 bridgehead atoms. The molecule has 22 heavy (non-hydrogen) atoms. The average molecular weight is 308 g/mol. The molecule has 0 saturated carbocycles. The number of ether oxygens (including phenoxy) is 1. The van der Waals surface area contributed by atoms with Gasteiger partial charge < -0.3 is 20.5 Å². The molecule has 0 heterocycles. The normalized spacial score (nSPS) is 11.0. The van der Waals surface area contributed by atoms with Crippen molar-refractivity contribution in [2.45, 2.75) is 27.7 Å². The number of nitrogens with one attached hydrogen (secondary N) is 3. The Balaban J connectivity index is 2.97. The zero-order valence-electron chi connectivity index (χ0n) is 13.7. The Morgan fingerprint density at radius 1 is 1.32 bits per heavy atom. The number of hydrogen-bond donors (Lipinski definition) is 4. The van der Waals surface area contributed by atoms with E-state index in [1.807, 2.05) is 20.8 Å². The minimum Gasteiger partial charge on any atom is -0.507 e. The highest BCUT2D eigenvalue weighted by Gasteiger charge is 2.15. The van der Waals surface area contributed by atoms with Gasteiger partial charge in [0.15, 0.2) is 5.96 Å². The summed E-state index contributed by atoms with van der Waals surface area (Å²) in [5, 5.41) is 18.3. The Bertz CT molecular complexity index is 570. The maximum Gasteiger partial charge on any atom is 0.326 e. The second-order valence-corrected chi connectivity index (χ2v) is 4.66. The van der Waals surface area contributed by atoms with Gasteiger partial charge in [-0.15, -0.1) is 0 Å². The molecule has 7 heteroatoms. The van der Waals surface area contributed by atoms with Gasteiger partial charge in [0.2, 0.25) is 0 Å². The van der Waals surface area contributed by atoms with Crippen molar-refractivity contribution >= 4 is 17.7 Å². The lowest BCUT2D eigenvalue weighted by atomic mass is 10.1. The zero-order valence-corrected chi connectivity index (χ0v) is 13.7. The van der Waals surface area contributed by atoms with Gasteiger partial charge in [0.1, 0.15) is 11.5 Å². The molecule has 2 amide bonds. The molecular weight excluding hydrogens is 284 g/mol. The molecule has 4 N–H and O–H groups in total. The van der Waals surface area contributed by atoms with Crippen molar-refractivity contribution in [3.63, 3.8) is 0 Å². The van der Waals surface area contributed by atoms with Crippen molar-refractivity contribution in [2.24, 2.45) is 4.99 Å². The van der Waals surface area contributed by atoms with Crippen LogP contribution in [-0.4, -0.2) is 37.3 Å². The Morgan fingerprint density at radius 3 is 2.55 bits per heavy atom. The number of nitrogens with zero attached hydrogens (tertiary/aromatic N) is 1. The van der Waals surface area contributed by atoms with E-state index in [1.54, 1.807) is 6.92 Å². The van der Waals surface area contributed by atoms with Crippen molar-refractivity contribution in [3.8, 4) is 11.5 Å². The van der Waals surface area contributed by atoms with Crippen LogP contribution < -0.4 is 20.7 Å². The summed E-state index contributed by atoms with van der Waals surface area (Å²) in [4.78, 5) is 16.3. The quantitative estimate of drug-likeness (QED) is 0.506. The molecule has 0 radical (unpaired) electrons. The van der Waals surface area contributed by atoms with Gasteiger partial charge in [-0.25, -0.2) is 4.79 Å². The highest BCUT2D eigenvalue weighted by molar-refractivity contribution is 6.03. The van der Waals surface area contributed by atoms with E-state index in [9.17, 15) is 9.90 Å². The number of guanidine groups is 1.